The molecule has 1 aromatic carbocycles. The fourth-order valence-electron chi connectivity index (χ4n) is 3.74. The van der Waals surface area contributed by atoms with Gasteiger partial charge in [0.2, 0.25) is 5.88 Å². The summed E-state index contributed by atoms with van der Waals surface area (Å²) in [6, 6.07) is 4.78. The number of hydrogen-bond acceptors (Lipinski definition) is 6. The van der Waals surface area contributed by atoms with Crippen molar-refractivity contribution in [3.63, 3.8) is 0 Å². The van der Waals surface area contributed by atoms with Gasteiger partial charge in [0.25, 0.3) is 0 Å². The average Bonchev–Trinajstić information content (AvgIpc) is 3.19. The van der Waals surface area contributed by atoms with Gasteiger partial charge in [-0.2, -0.15) is 18.2 Å². The number of nitrogens with zero attached hydrogens (tertiary/aromatic N) is 3. The number of ether oxygens (including phenoxy) is 1. The summed E-state index contributed by atoms with van der Waals surface area (Å²) >= 11 is 1.99. The predicted octanol–water partition coefficient (Wildman–Crippen LogP) is 5.42. The largest absolute Gasteiger partial charge is 0.436 e. The van der Waals surface area contributed by atoms with Crippen LogP contribution in [-0.4, -0.2) is 41.4 Å². The van der Waals surface area contributed by atoms with Crippen LogP contribution in [0.3, 0.4) is 0 Å². The van der Waals surface area contributed by atoms with Crippen molar-refractivity contribution in [1.82, 2.24) is 19.9 Å². The minimum absolute atomic E-state index is 0.0175. The molecule has 1 unspecified atom stereocenters. The Morgan fingerprint density at radius 1 is 1.30 bits per heavy atom. The highest BCUT2D eigenvalue weighted by Crippen LogP contribution is 2.35. The zero-order valence-electron chi connectivity index (χ0n) is 19.1. The Morgan fingerprint density at radius 2 is 2.05 bits per heavy atom. The van der Waals surface area contributed by atoms with Gasteiger partial charge in [0.05, 0.1) is 11.4 Å². The number of amides is 1. The topological polar surface area (TPSA) is 103 Å². The molecule has 0 saturated carbocycles. The zero-order valence-corrected chi connectivity index (χ0v) is 22.1. The van der Waals surface area contributed by atoms with Crippen LogP contribution in [0, 0.1) is 11.7 Å². The van der Waals surface area contributed by atoms with Crippen molar-refractivity contribution in [3.8, 4) is 11.6 Å². The summed E-state index contributed by atoms with van der Waals surface area (Å²) in [4.78, 5) is 20.9. The first-order valence-electron chi connectivity index (χ1n) is 10.7. The molecule has 1 aliphatic rings. The molecule has 14 heteroatoms. The minimum atomic E-state index is -4.44. The molecule has 8 nitrogen and oxygen atoms in total. The van der Waals surface area contributed by atoms with E-state index in [4.69, 9.17) is 4.74 Å². The fourth-order valence-corrected chi connectivity index (χ4v) is 4.91. The van der Waals surface area contributed by atoms with E-state index in [1.54, 1.807) is 0 Å². The Bertz CT molecular complexity index is 1530. The molecule has 3 aromatic rings. The van der Waals surface area contributed by atoms with Gasteiger partial charge >= 0.3 is 12.2 Å². The second-order valence-corrected chi connectivity index (χ2v) is 11.2. The molecule has 2 heterocycles. The van der Waals surface area contributed by atoms with Gasteiger partial charge in [0.1, 0.15) is 11.6 Å². The Labute approximate surface area is 222 Å². The minimum Gasteiger partial charge on any atom is -0.436 e. The van der Waals surface area contributed by atoms with E-state index in [0.717, 1.165) is 12.3 Å². The van der Waals surface area contributed by atoms with Gasteiger partial charge in [-0.3, -0.25) is 4.57 Å². The lowest BCUT2D eigenvalue weighted by Crippen LogP contribution is -2.32. The summed E-state index contributed by atoms with van der Waals surface area (Å²) in [6.07, 6.45) is 1.10. The Morgan fingerprint density at radius 3 is 2.73 bits per heavy atom. The second-order valence-electron chi connectivity index (χ2n) is 8.26. The molecular weight excluding hydrogens is 631 g/mol. The number of sulfone groups is 1. The molecule has 2 aromatic heterocycles. The maximum Gasteiger partial charge on any atom is 0.395 e. The number of hydrogen-bond donors (Lipinski definition) is 1. The van der Waals surface area contributed by atoms with Gasteiger partial charge in [-0.05, 0) is 24.3 Å². The number of fused-ring (bicyclic) bond motifs is 1. The third kappa shape index (κ3) is 6.29. The van der Waals surface area contributed by atoms with Crippen LogP contribution in [0.15, 0.2) is 54.4 Å². The third-order valence-corrected chi connectivity index (χ3v) is 6.92. The molecule has 0 radical (unpaired) electrons. The molecule has 1 aliphatic carbocycles. The molecule has 0 bridgehead atoms. The summed E-state index contributed by atoms with van der Waals surface area (Å²) in [7, 11) is -3.40. The molecule has 1 atom stereocenters. The van der Waals surface area contributed by atoms with Crippen LogP contribution in [0.2, 0.25) is 0 Å². The first-order chi connectivity index (χ1) is 17.4. The standard InChI is InChI=1S/C23H19F4IN4O4S/c1-37(34,35)12-19-29-8-7-20(31-19)36-18-6-5-17-16(21(18)24)10-15(11-28)32(17)22(33)30-14-4-2-3-13(9-14)23(25,26)27/h2-8,10,13H,9,11-12H2,1H3,(H,30,33). The predicted molar refractivity (Wildman–Crippen MR) is 136 cm³/mol. The average molecular weight is 650 g/mol. The van der Waals surface area contributed by atoms with Crippen molar-refractivity contribution in [2.24, 2.45) is 5.92 Å². The number of aromatic nitrogens is 3. The maximum atomic E-state index is 15.4. The van der Waals surface area contributed by atoms with Gasteiger partial charge in [-0.25, -0.2) is 22.6 Å². The zero-order chi connectivity index (χ0) is 27.0. The van der Waals surface area contributed by atoms with Crippen molar-refractivity contribution in [2.75, 3.05) is 6.26 Å². The van der Waals surface area contributed by atoms with Crippen LogP contribution < -0.4 is 10.1 Å². The van der Waals surface area contributed by atoms with E-state index in [1.807, 2.05) is 22.6 Å². The summed E-state index contributed by atoms with van der Waals surface area (Å²) < 4.78 is 84.7. The summed E-state index contributed by atoms with van der Waals surface area (Å²) in [6.45, 7) is 0. The molecule has 0 spiro atoms. The molecule has 0 fully saturated rings. The Balaban J connectivity index is 1.61. The van der Waals surface area contributed by atoms with Crippen LogP contribution in [0.5, 0.6) is 11.6 Å². The van der Waals surface area contributed by atoms with Gasteiger partial charge in [0, 0.05) is 46.1 Å². The van der Waals surface area contributed by atoms with E-state index < -0.39 is 46.0 Å². The molecule has 1 amide bonds. The number of nitrogens with one attached hydrogen (secondary N) is 1. The number of halogens is 5. The maximum absolute atomic E-state index is 15.4. The number of rotatable bonds is 6. The van der Waals surface area contributed by atoms with Crippen molar-refractivity contribution in [2.45, 2.75) is 22.8 Å². The van der Waals surface area contributed by atoms with Crippen LogP contribution in [0.25, 0.3) is 10.9 Å². The number of carbonyl (C=O) groups excluding carboxylic acids is 1. The smallest absolute Gasteiger partial charge is 0.395 e. The molecule has 4 rings (SSSR count). The van der Waals surface area contributed by atoms with Crippen molar-refractivity contribution < 1.29 is 35.5 Å². The lowest BCUT2D eigenvalue weighted by Gasteiger charge is -2.22. The number of allylic oxidation sites excluding steroid dienone is 4. The first-order valence-corrected chi connectivity index (χ1v) is 14.3. The normalized spacial score (nSPS) is 16.1. The lowest BCUT2D eigenvalue weighted by atomic mass is 9.98. The third-order valence-electron chi connectivity index (χ3n) is 5.35. The molecule has 0 saturated heterocycles. The fraction of sp³-hybridized carbons (Fsp3) is 0.261. The first kappa shape index (κ1) is 27.0. The highest BCUT2D eigenvalue weighted by atomic mass is 127. The van der Waals surface area contributed by atoms with Crippen LogP contribution in [0.4, 0.5) is 22.4 Å². The second kappa shape index (κ2) is 10.4. The van der Waals surface area contributed by atoms with E-state index in [-0.39, 0.29) is 34.1 Å². The Hall–Kier alpha value is -3.01. The van der Waals surface area contributed by atoms with Gasteiger partial charge < -0.3 is 10.1 Å². The van der Waals surface area contributed by atoms with Crippen molar-refractivity contribution in [1.29, 1.82) is 0 Å². The number of alkyl halides is 4. The van der Waals surface area contributed by atoms with Crippen LogP contribution in [0.1, 0.15) is 17.9 Å². The summed E-state index contributed by atoms with van der Waals surface area (Å²) in [5.74, 6) is -3.24. The Kier molecular flexibility index (Phi) is 7.60. The molecule has 196 valence electrons. The molecular formula is C23H19F4IN4O4S. The van der Waals surface area contributed by atoms with Gasteiger partial charge in [-0.1, -0.05) is 34.7 Å². The van der Waals surface area contributed by atoms with Crippen molar-refractivity contribution >= 4 is 49.4 Å². The highest BCUT2D eigenvalue weighted by Gasteiger charge is 2.39. The van der Waals surface area contributed by atoms with Crippen molar-refractivity contribution in [3.05, 3.63) is 71.7 Å². The van der Waals surface area contributed by atoms with E-state index >= 15 is 4.39 Å². The SMILES string of the molecule is CS(=O)(=O)Cc1nccc(Oc2ccc3c(cc(CI)n3C(=O)NC3=CC=CC(C(F)(F)F)C3)c2F)n1. The summed E-state index contributed by atoms with van der Waals surface area (Å²) in [5, 5.41) is 2.55. The van der Waals surface area contributed by atoms with Crippen LogP contribution >= 0.6 is 22.6 Å². The van der Waals surface area contributed by atoms with E-state index in [2.05, 4.69) is 15.3 Å². The van der Waals surface area contributed by atoms with E-state index in [0.29, 0.717) is 10.1 Å². The molecule has 1 N–H and O–H groups in total. The summed E-state index contributed by atoms with van der Waals surface area (Å²) in [5.41, 5.74) is 0.694. The highest BCUT2D eigenvalue weighted by molar-refractivity contribution is 14.1. The van der Waals surface area contributed by atoms with Gasteiger partial charge in [-0.15, -0.1) is 0 Å². The molecule has 0 aliphatic heterocycles. The van der Waals surface area contributed by atoms with Crippen LogP contribution in [-0.2, 0) is 20.0 Å². The van der Waals surface area contributed by atoms with E-state index in [1.165, 1.54) is 47.2 Å². The lowest BCUT2D eigenvalue weighted by molar-refractivity contribution is -0.161. The number of carbonyl (C=O) groups is 1. The molecule has 37 heavy (non-hydrogen) atoms. The number of benzene rings is 1. The van der Waals surface area contributed by atoms with E-state index in [9.17, 15) is 26.4 Å². The monoisotopic (exact) mass is 650 g/mol. The quantitative estimate of drug-likeness (QED) is 0.217. The van der Waals surface area contributed by atoms with Gasteiger partial charge in [0.15, 0.2) is 21.4 Å².